The van der Waals surface area contributed by atoms with Gasteiger partial charge in [0.05, 0.1) is 17.3 Å². The number of carboxylic acids is 1. The molecule has 5 nitrogen and oxygen atoms in total. The van der Waals surface area contributed by atoms with Crippen molar-refractivity contribution >= 4 is 35.2 Å². The fourth-order valence-corrected chi connectivity index (χ4v) is 2.24. The monoisotopic (exact) mass is 308 g/mol. The Morgan fingerprint density at radius 2 is 2.19 bits per heavy atom. The van der Waals surface area contributed by atoms with Crippen molar-refractivity contribution in [1.29, 1.82) is 0 Å². The maximum atomic E-state index is 11.8. The maximum Gasteiger partial charge on any atom is 0.328 e. The van der Waals surface area contributed by atoms with Crippen LogP contribution in [0, 0.1) is 0 Å². The third-order valence-electron chi connectivity index (χ3n) is 3.12. The predicted octanol–water partition coefficient (Wildman–Crippen LogP) is 2.15. The minimum Gasteiger partial charge on any atom is -0.478 e. The minimum absolute atomic E-state index is 0.0223. The molecular weight excluding hydrogens is 292 g/mol. The van der Waals surface area contributed by atoms with Gasteiger partial charge in [0.2, 0.25) is 5.91 Å². The van der Waals surface area contributed by atoms with Crippen molar-refractivity contribution in [2.24, 2.45) is 0 Å². The molecule has 0 aromatic heterocycles. The first-order chi connectivity index (χ1) is 9.95. The van der Waals surface area contributed by atoms with Crippen LogP contribution in [0.4, 0.5) is 5.69 Å². The van der Waals surface area contributed by atoms with E-state index in [1.165, 1.54) is 6.08 Å². The van der Waals surface area contributed by atoms with Crippen LogP contribution in [0.5, 0.6) is 0 Å². The molecule has 2 N–H and O–H groups in total. The van der Waals surface area contributed by atoms with Crippen LogP contribution in [0.25, 0.3) is 6.08 Å². The molecule has 0 radical (unpaired) electrons. The van der Waals surface area contributed by atoms with E-state index in [-0.39, 0.29) is 12.5 Å². The first kappa shape index (κ1) is 15.4. The summed E-state index contributed by atoms with van der Waals surface area (Å²) < 4.78 is 0. The summed E-state index contributed by atoms with van der Waals surface area (Å²) >= 11 is 6.19. The zero-order valence-corrected chi connectivity index (χ0v) is 12.4. The Morgan fingerprint density at radius 1 is 1.48 bits per heavy atom. The highest BCUT2D eigenvalue weighted by molar-refractivity contribution is 6.33. The summed E-state index contributed by atoms with van der Waals surface area (Å²) in [6, 6.07) is 5.54. The number of halogens is 1. The molecule has 0 atom stereocenters. The smallest absolute Gasteiger partial charge is 0.328 e. The molecule has 112 valence electrons. The molecule has 0 saturated heterocycles. The molecule has 0 unspecified atom stereocenters. The molecule has 1 aliphatic rings. The lowest BCUT2D eigenvalue weighted by molar-refractivity contribution is -0.131. The summed E-state index contributed by atoms with van der Waals surface area (Å²) in [5, 5.41) is 12.0. The number of anilines is 1. The molecule has 0 heterocycles. The van der Waals surface area contributed by atoms with Crippen LogP contribution in [-0.2, 0) is 9.59 Å². The van der Waals surface area contributed by atoms with E-state index in [1.54, 1.807) is 30.1 Å². The van der Waals surface area contributed by atoms with Gasteiger partial charge in [-0.25, -0.2) is 4.79 Å². The second-order valence-corrected chi connectivity index (χ2v) is 5.49. The van der Waals surface area contributed by atoms with E-state index in [9.17, 15) is 9.59 Å². The van der Waals surface area contributed by atoms with Gasteiger partial charge in [-0.3, -0.25) is 4.79 Å². The van der Waals surface area contributed by atoms with Gasteiger partial charge in [0.15, 0.2) is 0 Å². The van der Waals surface area contributed by atoms with E-state index in [1.807, 2.05) is 0 Å². The Hall–Kier alpha value is -2.01. The summed E-state index contributed by atoms with van der Waals surface area (Å²) in [5.41, 5.74) is 1.43. The van der Waals surface area contributed by atoms with Crippen molar-refractivity contribution in [3.63, 3.8) is 0 Å². The van der Waals surface area contributed by atoms with Gasteiger partial charge >= 0.3 is 5.97 Å². The largest absolute Gasteiger partial charge is 0.478 e. The Labute approximate surface area is 128 Å². The first-order valence-corrected chi connectivity index (χ1v) is 7.04. The normalized spacial score (nSPS) is 14.2. The molecule has 1 saturated carbocycles. The van der Waals surface area contributed by atoms with Gasteiger partial charge in [0.25, 0.3) is 0 Å². The van der Waals surface area contributed by atoms with Crippen LogP contribution in [0.2, 0.25) is 5.02 Å². The quantitative estimate of drug-likeness (QED) is 0.790. The number of nitrogens with one attached hydrogen (secondary N) is 1. The fourth-order valence-electron chi connectivity index (χ4n) is 1.91. The van der Waals surface area contributed by atoms with Crippen molar-refractivity contribution in [1.82, 2.24) is 5.32 Å². The molecular formula is C15H17ClN2O3. The molecule has 2 rings (SSSR count). The Balaban J connectivity index is 2.01. The number of benzene rings is 1. The number of carboxylic acid groups (broad SMARTS) is 1. The van der Waals surface area contributed by atoms with E-state index in [0.29, 0.717) is 16.6 Å². The van der Waals surface area contributed by atoms with Gasteiger partial charge in [-0.15, -0.1) is 0 Å². The molecule has 1 aromatic rings. The minimum atomic E-state index is -1.01. The second kappa shape index (κ2) is 6.63. The van der Waals surface area contributed by atoms with Crippen molar-refractivity contribution in [3.05, 3.63) is 34.9 Å². The molecule has 0 aliphatic heterocycles. The second-order valence-electron chi connectivity index (χ2n) is 5.08. The van der Waals surface area contributed by atoms with Crippen LogP contribution in [0.1, 0.15) is 18.4 Å². The van der Waals surface area contributed by atoms with Gasteiger partial charge in [0.1, 0.15) is 0 Å². The molecule has 0 bridgehead atoms. The average molecular weight is 309 g/mol. The number of carbonyl (C=O) groups is 2. The predicted molar refractivity (Wildman–Crippen MR) is 82.6 cm³/mol. The molecule has 1 aliphatic carbocycles. The topological polar surface area (TPSA) is 69.6 Å². The number of hydrogen-bond donors (Lipinski definition) is 2. The van der Waals surface area contributed by atoms with E-state index in [4.69, 9.17) is 16.7 Å². The third kappa shape index (κ3) is 4.79. The van der Waals surface area contributed by atoms with E-state index in [0.717, 1.165) is 24.6 Å². The summed E-state index contributed by atoms with van der Waals surface area (Å²) in [5.74, 6) is -1.03. The Kier molecular flexibility index (Phi) is 4.85. The van der Waals surface area contributed by atoms with Crippen molar-refractivity contribution < 1.29 is 14.7 Å². The van der Waals surface area contributed by atoms with Crippen molar-refractivity contribution in [2.45, 2.75) is 18.9 Å². The number of carbonyl (C=O) groups excluding carboxylic acids is 1. The lowest BCUT2D eigenvalue weighted by Gasteiger charge is -2.20. The van der Waals surface area contributed by atoms with Gasteiger partial charge in [-0.2, -0.15) is 0 Å². The zero-order valence-electron chi connectivity index (χ0n) is 11.7. The van der Waals surface area contributed by atoms with Gasteiger partial charge in [-0.1, -0.05) is 17.7 Å². The summed E-state index contributed by atoms with van der Waals surface area (Å²) in [4.78, 5) is 24.0. The SMILES string of the molecule is CN(CC(=O)NC1CC1)c1ccc(/C=C/C(=O)O)cc1Cl. The molecule has 6 heteroatoms. The number of hydrogen-bond acceptors (Lipinski definition) is 3. The highest BCUT2D eigenvalue weighted by Crippen LogP contribution is 2.26. The number of amides is 1. The number of likely N-dealkylation sites (N-methyl/N-ethyl adjacent to an activating group) is 1. The highest BCUT2D eigenvalue weighted by Gasteiger charge is 2.23. The van der Waals surface area contributed by atoms with Crippen LogP contribution >= 0.6 is 11.6 Å². The summed E-state index contributed by atoms with van der Waals surface area (Å²) in [6.45, 7) is 0.237. The number of nitrogens with zero attached hydrogens (tertiary/aromatic N) is 1. The van der Waals surface area contributed by atoms with Crippen LogP contribution in [0.3, 0.4) is 0 Å². The molecule has 0 spiro atoms. The first-order valence-electron chi connectivity index (χ1n) is 6.67. The van der Waals surface area contributed by atoms with Crippen molar-refractivity contribution in [2.75, 3.05) is 18.5 Å². The Morgan fingerprint density at radius 3 is 2.76 bits per heavy atom. The molecule has 1 aromatic carbocycles. The molecule has 1 fully saturated rings. The van der Waals surface area contributed by atoms with Gasteiger partial charge < -0.3 is 15.3 Å². The zero-order chi connectivity index (χ0) is 15.4. The van der Waals surface area contributed by atoms with Gasteiger partial charge in [-0.05, 0) is 36.6 Å². The molecule has 21 heavy (non-hydrogen) atoms. The van der Waals surface area contributed by atoms with E-state index >= 15 is 0 Å². The molecule has 1 amide bonds. The van der Waals surface area contributed by atoms with Crippen LogP contribution in [-0.4, -0.2) is 36.6 Å². The van der Waals surface area contributed by atoms with Crippen LogP contribution in [0.15, 0.2) is 24.3 Å². The number of aliphatic carboxylic acids is 1. The summed E-state index contributed by atoms with van der Waals surface area (Å²) in [6.07, 6.45) is 4.64. The van der Waals surface area contributed by atoms with Gasteiger partial charge in [0, 0.05) is 19.2 Å². The van der Waals surface area contributed by atoms with Crippen LogP contribution < -0.4 is 10.2 Å². The average Bonchev–Trinajstić information content (AvgIpc) is 3.19. The van der Waals surface area contributed by atoms with E-state index < -0.39 is 5.97 Å². The Bertz CT molecular complexity index is 582. The fraction of sp³-hybridized carbons (Fsp3) is 0.333. The summed E-state index contributed by atoms with van der Waals surface area (Å²) in [7, 11) is 1.79. The number of rotatable bonds is 6. The van der Waals surface area contributed by atoms with E-state index in [2.05, 4.69) is 5.32 Å². The highest BCUT2D eigenvalue weighted by atomic mass is 35.5. The lowest BCUT2D eigenvalue weighted by atomic mass is 10.2. The lowest BCUT2D eigenvalue weighted by Crippen LogP contribution is -2.36. The third-order valence-corrected chi connectivity index (χ3v) is 3.43. The van der Waals surface area contributed by atoms with Crippen molar-refractivity contribution in [3.8, 4) is 0 Å². The standard InChI is InChI=1S/C15H17ClN2O3/c1-18(9-14(19)17-11-4-5-11)13-6-2-10(8-12(13)16)3-7-15(20)21/h2-3,6-8,11H,4-5,9H2,1H3,(H,17,19)(H,20,21)/b7-3+. The maximum absolute atomic E-state index is 11.8.